The lowest BCUT2D eigenvalue weighted by molar-refractivity contribution is 0.395. The standard InChI is InChI=1S/C13H16BrN/c14-12-3-1-2-9-4-5-13(7-11(9)12)6-10(13)8-15/h1-3,10H,4-8,15H2. The van der Waals surface area contributed by atoms with Gasteiger partial charge in [-0.25, -0.2) is 0 Å². The maximum atomic E-state index is 5.79. The van der Waals surface area contributed by atoms with Gasteiger partial charge in [-0.15, -0.1) is 0 Å². The number of fused-ring (bicyclic) bond motifs is 1. The van der Waals surface area contributed by atoms with E-state index in [1.165, 1.54) is 35.7 Å². The van der Waals surface area contributed by atoms with Crippen LogP contribution in [0.1, 0.15) is 24.0 Å². The molecule has 2 aliphatic carbocycles. The van der Waals surface area contributed by atoms with Crippen molar-refractivity contribution in [3.05, 3.63) is 33.8 Å². The number of aryl methyl sites for hydroxylation is 1. The summed E-state index contributed by atoms with van der Waals surface area (Å²) in [5.41, 5.74) is 9.44. The Hall–Kier alpha value is -0.340. The van der Waals surface area contributed by atoms with Crippen LogP contribution in [0.25, 0.3) is 0 Å². The van der Waals surface area contributed by atoms with E-state index in [1.54, 1.807) is 5.56 Å². The van der Waals surface area contributed by atoms with Gasteiger partial charge in [0.25, 0.3) is 0 Å². The van der Waals surface area contributed by atoms with Gasteiger partial charge in [0.2, 0.25) is 0 Å². The highest BCUT2D eigenvalue weighted by molar-refractivity contribution is 9.10. The molecule has 0 saturated heterocycles. The first-order chi connectivity index (χ1) is 7.25. The third kappa shape index (κ3) is 1.46. The Morgan fingerprint density at radius 1 is 1.47 bits per heavy atom. The topological polar surface area (TPSA) is 26.0 Å². The first-order valence-electron chi connectivity index (χ1n) is 5.71. The summed E-state index contributed by atoms with van der Waals surface area (Å²) in [4.78, 5) is 0. The lowest BCUT2D eigenvalue weighted by Crippen LogP contribution is -2.20. The number of rotatable bonds is 1. The normalized spacial score (nSPS) is 32.8. The molecule has 2 aliphatic rings. The second-order valence-electron chi connectivity index (χ2n) is 5.05. The Labute approximate surface area is 99.2 Å². The summed E-state index contributed by atoms with van der Waals surface area (Å²) in [6.45, 7) is 0.875. The zero-order chi connectivity index (χ0) is 10.5. The summed E-state index contributed by atoms with van der Waals surface area (Å²) in [6, 6.07) is 6.58. The number of nitrogens with two attached hydrogens (primary N) is 1. The van der Waals surface area contributed by atoms with Crippen LogP contribution in [-0.2, 0) is 12.8 Å². The third-order valence-electron chi connectivity index (χ3n) is 4.28. The average Bonchev–Trinajstić information content (AvgIpc) is 2.93. The first-order valence-corrected chi connectivity index (χ1v) is 6.51. The van der Waals surface area contributed by atoms with E-state index in [0.717, 1.165) is 12.5 Å². The quantitative estimate of drug-likeness (QED) is 0.831. The van der Waals surface area contributed by atoms with Crippen molar-refractivity contribution >= 4 is 15.9 Å². The van der Waals surface area contributed by atoms with Gasteiger partial charge in [-0.2, -0.15) is 0 Å². The molecule has 0 bridgehead atoms. The van der Waals surface area contributed by atoms with E-state index in [1.807, 2.05) is 0 Å². The zero-order valence-corrected chi connectivity index (χ0v) is 10.4. The number of hydrogen-bond acceptors (Lipinski definition) is 1. The van der Waals surface area contributed by atoms with Crippen LogP contribution in [0.4, 0.5) is 0 Å². The van der Waals surface area contributed by atoms with Crippen molar-refractivity contribution in [2.45, 2.75) is 25.7 Å². The minimum Gasteiger partial charge on any atom is -0.330 e. The van der Waals surface area contributed by atoms with Crippen LogP contribution < -0.4 is 5.73 Å². The average molecular weight is 266 g/mol. The van der Waals surface area contributed by atoms with E-state index in [4.69, 9.17) is 5.73 Å². The molecular formula is C13H16BrN. The maximum absolute atomic E-state index is 5.79. The molecule has 1 spiro atoms. The zero-order valence-electron chi connectivity index (χ0n) is 8.80. The Balaban J connectivity index is 1.93. The highest BCUT2D eigenvalue weighted by atomic mass is 79.9. The van der Waals surface area contributed by atoms with Gasteiger partial charge in [-0.3, -0.25) is 0 Å². The van der Waals surface area contributed by atoms with Crippen molar-refractivity contribution in [1.29, 1.82) is 0 Å². The molecule has 1 nitrogen and oxygen atoms in total. The van der Waals surface area contributed by atoms with Crippen molar-refractivity contribution < 1.29 is 0 Å². The van der Waals surface area contributed by atoms with E-state index >= 15 is 0 Å². The van der Waals surface area contributed by atoms with Gasteiger partial charge in [0.1, 0.15) is 0 Å². The molecule has 0 aliphatic heterocycles. The molecule has 3 rings (SSSR count). The van der Waals surface area contributed by atoms with E-state index in [0.29, 0.717) is 5.41 Å². The summed E-state index contributed by atoms with van der Waals surface area (Å²) in [5, 5.41) is 0. The van der Waals surface area contributed by atoms with Crippen molar-refractivity contribution in [2.75, 3.05) is 6.54 Å². The Bertz CT molecular complexity index is 402. The largest absolute Gasteiger partial charge is 0.330 e. The molecule has 1 aromatic carbocycles. The van der Waals surface area contributed by atoms with Crippen LogP contribution >= 0.6 is 15.9 Å². The summed E-state index contributed by atoms with van der Waals surface area (Å²) in [7, 11) is 0. The molecule has 1 aromatic rings. The van der Waals surface area contributed by atoms with Crippen LogP contribution in [0, 0.1) is 11.3 Å². The Kier molecular flexibility index (Phi) is 2.18. The monoisotopic (exact) mass is 265 g/mol. The SMILES string of the molecule is NCC1CC12CCc1cccc(Br)c1C2. The highest BCUT2D eigenvalue weighted by Crippen LogP contribution is 2.59. The smallest absolute Gasteiger partial charge is 0.0210 e. The molecule has 1 fully saturated rings. The lowest BCUT2D eigenvalue weighted by atomic mass is 9.80. The summed E-state index contributed by atoms with van der Waals surface area (Å²) < 4.78 is 1.29. The van der Waals surface area contributed by atoms with E-state index < -0.39 is 0 Å². The summed E-state index contributed by atoms with van der Waals surface area (Å²) >= 11 is 3.67. The van der Waals surface area contributed by atoms with E-state index in [9.17, 15) is 0 Å². The molecule has 2 atom stereocenters. The van der Waals surface area contributed by atoms with Crippen LogP contribution in [-0.4, -0.2) is 6.54 Å². The predicted molar refractivity (Wildman–Crippen MR) is 65.8 cm³/mol. The molecule has 0 radical (unpaired) electrons. The van der Waals surface area contributed by atoms with E-state index in [-0.39, 0.29) is 0 Å². The third-order valence-corrected chi connectivity index (χ3v) is 5.02. The fraction of sp³-hybridized carbons (Fsp3) is 0.538. The molecule has 2 unspecified atom stereocenters. The van der Waals surface area contributed by atoms with Gasteiger partial charge in [0.15, 0.2) is 0 Å². The first kappa shape index (κ1) is 9.86. The second-order valence-corrected chi connectivity index (χ2v) is 5.91. The number of benzene rings is 1. The minimum atomic E-state index is 0.575. The lowest BCUT2D eigenvalue weighted by Gasteiger charge is -2.26. The molecule has 2 N–H and O–H groups in total. The minimum absolute atomic E-state index is 0.575. The van der Waals surface area contributed by atoms with Crippen LogP contribution in [0.15, 0.2) is 22.7 Å². The van der Waals surface area contributed by atoms with Gasteiger partial charge >= 0.3 is 0 Å². The fourth-order valence-electron chi connectivity index (χ4n) is 3.15. The maximum Gasteiger partial charge on any atom is 0.0210 e. The van der Waals surface area contributed by atoms with Crippen molar-refractivity contribution in [1.82, 2.24) is 0 Å². The fourth-order valence-corrected chi connectivity index (χ4v) is 3.69. The number of halogens is 1. The van der Waals surface area contributed by atoms with E-state index in [2.05, 4.69) is 34.1 Å². The molecule has 80 valence electrons. The highest BCUT2D eigenvalue weighted by Gasteiger charge is 2.53. The molecular weight excluding hydrogens is 250 g/mol. The van der Waals surface area contributed by atoms with Gasteiger partial charge in [0, 0.05) is 4.47 Å². The van der Waals surface area contributed by atoms with Crippen molar-refractivity contribution in [2.24, 2.45) is 17.1 Å². The Morgan fingerprint density at radius 2 is 2.33 bits per heavy atom. The van der Waals surface area contributed by atoms with Crippen molar-refractivity contribution in [3.63, 3.8) is 0 Å². The van der Waals surface area contributed by atoms with Gasteiger partial charge in [-0.05, 0) is 60.8 Å². The van der Waals surface area contributed by atoms with Crippen LogP contribution in [0.5, 0.6) is 0 Å². The van der Waals surface area contributed by atoms with Gasteiger partial charge < -0.3 is 5.73 Å². The van der Waals surface area contributed by atoms with Gasteiger partial charge in [0.05, 0.1) is 0 Å². The predicted octanol–water partition coefficient (Wildman–Crippen LogP) is 2.90. The van der Waals surface area contributed by atoms with Crippen LogP contribution in [0.3, 0.4) is 0 Å². The molecule has 2 heteroatoms. The molecule has 1 saturated carbocycles. The van der Waals surface area contributed by atoms with Crippen LogP contribution in [0.2, 0.25) is 0 Å². The summed E-state index contributed by atoms with van der Waals surface area (Å²) in [6.07, 6.45) is 5.18. The number of hydrogen-bond donors (Lipinski definition) is 1. The molecule has 0 heterocycles. The molecule has 0 aromatic heterocycles. The second kappa shape index (κ2) is 3.33. The molecule has 0 amide bonds. The van der Waals surface area contributed by atoms with Crippen molar-refractivity contribution in [3.8, 4) is 0 Å². The molecule has 15 heavy (non-hydrogen) atoms. The summed E-state index contributed by atoms with van der Waals surface area (Å²) in [5.74, 6) is 0.790. The Morgan fingerprint density at radius 3 is 3.07 bits per heavy atom. The van der Waals surface area contributed by atoms with Gasteiger partial charge in [-0.1, -0.05) is 28.1 Å².